The summed E-state index contributed by atoms with van der Waals surface area (Å²) in [7, 11) is -3.20. The number of halogens is 1. The molecule has 0 bridgehead atoms. The van der Waals surface area contributed by atoms with E-state index in [1.807, 2.05) is 6.07 Å². The zero-order valence-electron chi connectivity index (χ0n) is 11.5. The van der Waals surface area contributed by atoms with Crippen LogP contribution in [0, 0.1) is 0 Å². The summed E-state index contributed by atoms with van der Waals surface area (Å²) in [6.45, 7) is 0.490. The van der Waals surface area contributed by atoms with E-state index in [1.54, 1.807) is 24.3 Å². The molecule has 0 fully saturated rings. The van der Waals surface area contributed by atoms with E-state index in [1.165, 1.54) is 18.4 Å². The third-order valence-corrected chi connectivity index (χ3v) is 4.28. The Bertz CT molecular complexity index is 727. The first-order valence-corrected chi connectivity index (χ1v) is 8.63. The van der Waals surface area contributed by atoms with Gasteiger partial charge in [0, 0.05) is 11.3 Å². The van der Waals surface area contributed by atoms with Crippen molar-refractivity contribution in [3.8, 4) is 11.5 Å². The van der Waals surface area contributed by atoms with Gasteiger partial charge >= 0.3 is 0 Å². The molecule has 4 nitrogen and oxygen atoms in total. The largest absolute Gasteiger partial charge is 0.457 e. The molecule has 0 aliphatic heterocycles. The summed E-state index contributed by atoms with van der Waals surface area (Å²) < 4.78 is 28.6. The van der Waals surface area contributed by atoms with Gasteiger partial charge in [-0.25, -0.2) is 8.42 Å². The van der Waals surface area contributed by atoms with Crippen LogP contribution >= 0.6 is 11.6 Å². The van der Waals surface area contributed by atoms with Crippen molar-refractivity contribution in [2.45, 2.75) is 11.3 Å². The minimum Gasteiger partial charge on any atom is -0.457 e. The van der Waals surface area contributed by atoms with E-state index in [0.29, 0.717) is 29.5 Å². The molecule has 0 radical (unpaired) electrons. The molecule has 0 unspecified atom stereocenters. The molecule has 0 aliphatic rings. The van der Waals surface area contributed by atoms with E-state index in [9.17, 15) is 8.42 Å². The van der Waals surface area contributed by atoms with Gasteiger partial charge in [-0.05, 0) is 61.0 Å². The van der Waals surface area contributed by atoms with Crippen LogP contribution < -0.4 is 10.5 Å². The van der Waals surface area contributed by atoms with Crippen molar-refractivity contribution in [3.05, 3.63) is 53.1 Å². The van der Waals surface area contributed by atoms with Gasteiger partial charge in [0.15, 0.2) is 9.84 Å². The normalized spacial score (nSPS) is 11.4. The van der Waals surface area contributed by atoms with Gasteiger partial charge in [0.1, 0.15) is 11.5 Å². The van der Waals surface area contributed by atoms with Crippen LogP contribution in [0.4, 0.5) is 0 Å². The molecule has 6 heteroatoms. The predicted molar refractivity (Wildman–Crippen MR) is 83.8 cm³/mol. The first-order chi connectivity index (χ1) is 9.90. The second-order valence-corrected chi connectivity index (χ2v) is 7.09. The summed E-state index contributed by atoms with van der Waals surface area (Å²) in [6.07, 6.45) is 1.82. The molecule has 2 N–H and O–H groups in total. The number of hydrogen-bond donors (Lipinski definition) is 1. The van der Waals surface area contributed by atoms with Gasteiger partial charge in [0.2, 0.25) is 0 Å². The molecule has 0 saturated carbocycles. The average Bonchev–Trinajstić information content (AvgIpc) is 2.42. The minimum absolute atomic E-state index is 0.258. The summed E-state index contributed by atoms with van der Waals surface area (Å²) in [4.78, 5) is 0.258. The van der Waals surface area contributed by atoms with E-state index in [2.05, 4.69) is 0 Å². The van der Waals surface area contributed by atoms with E-state index < -0.39 is 9.84 Å². The number of sulfone groups is 1. The van der Waals surface area contributed by atoms with Crippen LogP contribution in [0.5, 0.6) is 11.5 Å². The number of nitrogens with two attached hydrogens (primary N) is 1. The number of benzene rings is 2. The summed E-state index contributed by atoms with van der Waals surface area (Å²) >= 11 is 5.96. The molecule has 112 valence electrons. The third-order valence-electron chi connectivity index (χ3n) is 2.92. The van der Waals surface area contributed by atoms with Crippen LogP contribution in [0.2, 0.25) is 5.02 Å². The molecule has 0 amide bonds. The molecule has 0 aromatic heterocycles. The molecule has 2 aromatic carbocycles. The fourth-order valence-electron chi connectivity index (χ4n) is 1.88. The summed E-state index contributed by atoms with van der Waals surface area (Å²) in [5.41, 5.74) is 6.49. The van der Waals surface area contributed by atoms with Crippen LogP contribution in [0.25, 0.3) is 0 Å². The van der Waals surface area contributed by atoms with E-state index in [0.717, 1.165) is 5.56 Å². The van der Waals surface area contributed by atoms with Crippen LogP contribution in [-0.4, -0.2) is 21.2 Å². The molecular weight excluding hydrogens is 310 g/mol. The van der Waals surface area contributed by atoms with Crippen molar-refractivity contribution in [2.24, 2.45) is 5.73 Å². The minimum atomic E-state index is -3.20. The second kappa shape index (κ2) is 6.47. The molecule has 2 aromatic rings. The highest BCUT2D eigenvalue weighted by Gasteiger charge is 2.09. The molecule has 0 aliphatic carbocycles. The summed E-state index contributed by atoms with van der Waals surface area (Å²) in [6, 6.07) is 11.6. The van der Waals surface area contributed by atoms with Gasteiger partial charge in [-0.1, -0.05) is 11.6 Å². The highest BCUT2D eigenvalue weighted by molar-refractivity contribution is 7.90. The Hall–Kier alpha value is -1.56. The quantitative estimate of drug-likeness (QED) is 0.917. The van der Waals surface area contributed by atoms with E-state index in [4.69, 9.17) is 22.1 Å². The fourth-order valence-corrected chi connectivity index (χ4v) is 2.71. The first kappa shape index (κ1) is 15.8. The van der Waals surface area contributed by atoms with Crippen LogP contribution in [-0.2, 0) is 16.3 Å². The van der Waals surface area contributed by atoms with E-state index in [-0.39, 0.29) is 4.90 Å². The highest BCUT2D eigenvalue weighted by Crippen LogP contribution is 2.28. The van der Waals surface area contributed by atoms with Gasteiger partial charge in [-0.2, -0.15) is 0 Å². The fraction of sp³-hybridized carbons (Fsp3) is 0.200. The van der Waals surface area contributed by atoms with Gasteiger partial charge in [-0.15, -0.1) is 0 Å². The number of ether oxygens (including phenoxy) is 1. The molecule has 0 heterocycles. The van der Waals surface area contributed by atoms with Gasteiger partial charge < -0.3 is 10.5 Å². The molecular formula is C15H16ClNO3S. The van der Waals surface area contributed by atoms with Crippen molar-refractivity contribution in [1.82, 2.24) is 0 Å². The Morgan fingerprint density at radius 3 is 2.38 bits per heavy atom. The lowest BCUT2D eigenvalue weighted by Crippen LogP contribution is -2.04. The van der Waals surface area contributed by atoms with Gasteiger partial charge in [-0.3, -0.25) is 0 Å². The predicted octanol–water partition coefficient (Wildman–Crippen LogP) is 3.04. The Kier molecular flexibility index (Phi) is 4.88. The third kappa shape index (κ3) is 4.20. The molecule has 21 heavy (non-hydrogen) atoms. The van der Waals surface area contributed by atoms with Crippen molar-refractivity contribution >= 4 is 21.4 Å². The van der Waals surface area contributed by atoms with E-state index >= 15 is 0 Å². The second-order valence-electron chi connectivity index (χ2n) is 4.64. The maximum Gasteiger partial charge on any atom is 0.175 e. The number of rotatable bonds is 5. The maximum atomic E-state index is 11.4. The van der Waals surface area contributed by atoms with Crippen molar-refractivity contribution in [1.29, 1.82) is 0 Å². The topological polar surface area (TPSA) is 69.4 Å². The molecule has 0 spiro atoms. The molecule has 0 atom stereocenters. The summed E-state index contributed by atoms with van der Waals surface area (Å²) in [5, 5.41) is 0.623. The lowest BCUT2D eigenvalue weighted by Gasteiger charge is -2.11. The maximum absolute atomic E-state index is 11.4. The van der Waals surface area contributed by atoms with Crippen molar-refractivity contribution < 1.29 is 13.2 Å². The highest BCUT2D eigenvalue weighted by atomic mass is 35.5. The van der Waals surface area contributed by atoms with Gasteiger partial charge in [0.25, 0.3) is 0 Å². The zero-order valence-corrected chi connectivity index (χ0v) is 13.1. The zero-order chi connectivity index (χ0) is 15.5. The Morgan fingerprint density at radius 2 is 1.81 bits per heavy atom. The van der Waals surface area contributed by atoms with Crippen molar-refractivity contribution in [2.75, 3.05) is 12.8 Å². The Morgan fingerprint density at radius 1 is 1.14 bits per heavy atom. The average molecular weight is 326 g/mol. The monoisotopic (exact) mass is 325 g/mol. The van der Waals surface area contributed by atoms with Crippen molar-refractivity contribution in [3.63, 3.8) is 0 Å². The SMILES string of the molecule is CS(=O)(=O)c1ccc(Oc2ccc(Cl)cc2CCN)cc1. The lowest BCUT2D eigenvalue weighted by atomic mass is 10.1. The molecule has 2 rings (SSSR count). The standard InChI is InChI=1S/C15H16ClNO3S/c1-21(18,19)14-5-3-13(4-6-14)20-15-7-2-12(16)10-11(15)8-9-17/h2-7,10H,8-9,17H2,1H3. The summed E-state index contributed by atoms with van der Waals surface area (Å²) in [5.74, 6) is 1.22. The number of hydrogen-bond acceptors (Lipinski definition) is 4. The van der Waals surface area contributed by atoms with Crippen LogP contribution in [0.15, 0.2) is 47.4 Å². The Labute approximate surface area is 129 Å². The van der Waals surface area contributed by atoms with Gasteiger partial charge in [0.05, 0.1) is 4.90 Å². The smallest absolute Gasteiger partial charge is 0.175 e. The van der Waals surface area contributed by atoms with Crippen LogP contribution in [0.1, 0.15) is 5.56 Å². The van der Waals surface area contributed by atoms with Crippen LogP contribution in [0.3, 0.4) is 0 Å². The Balaban J connectivity index is 2.26. The lowest BCUT2D eigenvalue weighted by molar-refractivity contribution is 0.476. The molecule has 0 saturated heterocycles. The first-order valence-electron chi connectivity index (χ1n) is 6.36.